The maximum Gasteiger partial charge on any atom is 0.249 e. The maximum absolute atomic E-state index is 12.9. The molecule has 0 bridgehead atoms. The van der Waals surface area contributed by atoms with Crippen LogP contribution in [-0.4, -0.2) is 27.5 Å². The molecule has 5 heteroatoms. The minimum atomic E-state index is -0.132. The standard InChI is InChI=1S/C22H23N3O2/c1-15-7-5-10-18(13-15)21-23-22(27-24-21)19-11-6-12-25(19)20(26)14-17-9-4-3-8-16(17)2/h3-5,7-10,13,19H,6,11-12,14H2,1-2H3/t19-/m1/s1. The lowest BCUT2D eigenvalue weighted by molar-refractivity contribution is -0.131. The Morgan fingerprint density at radius 3 is 2.85 bits per heavy atom. The van der Waals surface area contributed by atoms with E-state index in [-0.39, 0.29) is 11.9 Å². The molecule has 0 unspecified atom stereocenters. The van der Waals surface area contributed by atoms with Crippen LogP contribution < -0.4 is 0 Å². The Balaban J connectivity index is 1.53. The zero-order valence-corrected chi connectivity index (χ0v) is 15.7. The Hall–Kier alpha value is -2.95. The van der Waals surface area contributed by atoms with Crippen molar-refractivity contribution in [1.29, 1.82) is 0 Å². The van der Waals surface area contributed by atoms with Gasteiger partial charge in [-0.05, 0) is 43.9 Å². The van der Waals surface area contributed by atoms with E-state index in [1.54, 1.807) is 0 Å². The average molecular weight is 361 g/mol. The van der Waals surface area contributed by atoms with Crippen molar-refractivity contribution in [2.24, 2.45) is 0 Å². The predicted molar refractivity (Wildman–Crippen MR) is 103 cm³/mol. The van der Waals surface area contributed by atoms with Crippen LogP contribution in [-0.2, 0) is 11.2 Å². The molecule has 0 spiro atoms. The molecule has 3 aromatic rings. The molecule has 1 fully saturated rings. The molecule has 2 aromatic carbocycles. The van der Waals surface area contributed by atoms with Crippen LogP contribution in [0.5, 0.6) is 0 Å². The van der Waals surface area contributed by atoms with Crippen molar-refractivity contribution in [2.45, 2.75) is 39.2 Å². The molecule has 0 radical (unpaired) electrons. The Morgan fingerprint density at radius 2 is 2.04 bits per heavy atom. The van der Waals surface area contributed by atoms with Gasteiger partial charge in [-0.3, -0.25) is 4.79 Å². The molecule has 1 saturated heterocycles. The Kier molecular flexibility index (Phi) is 4.75. The minimum Gasteiger partial charge on any atom is -0.337 e. The van der Waals surface area contributed by atoms with Crippen LogP contribution in [0.4, 0.5) is 0 Å². The van der Waals surface area contributed by atoms with Crippen molar-refractivity contribution in [3.63, 3.8) is 0 Å². The van der Waals surface area contributed by atoms with Crippen molar-refractivity contribution in [1.82, 2.24) is 15.0 Å². The molecule has 5 nitrogen and oxygen atoms in total. The highest BCUT2D eigenvalue weighted by Crippen LogP contribution is 2.32. The van der Waals surface area contributed by atoms with Gasteiger partial charge in [-0.15, -0.1) is 0 Å². The number of carbonyl (C=O) groups is 1. The van der Waals surface area contributed by atoms with Crippen molar-refractivity contribution in [2.75, 3.05) is 6.54 Å². The van der Waals surface area contributed by atoms with Crippen LogP contribution >= 0.6 is 0 Å². The van der Waals surface area contributed by atoms with Gasteiger partial charge in [0.25, 0.3) is 0 Å². The maximum atomic E-state index is 12.9. The van der Waals surface area contributed by atoms with Crippen LogP contribution in [0.1, 0.15) is 41.5 Å². The number of amides is 1. The molecule has 138 valence electrons. The quantitative estimate of drug-likeness (QED) is 0.697. The third-order valence-corrected chi connectivity index (χ3v) is 5.18. The summed E-state index contributed by atoms with van der Waals surface area (Å²) in [7, 11) is 0. The van der Waals surface area contributed by atoms with E-state index < -0.39 is 0 Å². The topological polar surface area (TPSA) is 59.2 Å². The van der Waals surface area contributed by atoms with Gasteiger partial charge in [-0.2, -0.15) is 4.98 Å². The third-order valence-electron chi connectivity index (χ3n) is 5.18. The molecule has 1 aliphatic heterocycles. The van der Waals surface area contributed by atoms with E-state index in [1.165, 1.54) is 0 Å². The van der Waals surface area contributed by atoms with Crippen molar-refractivity contribution in [3.05, 3.63) is 71.1 Å². The van der Waals surface area contributed by atoms with Crippen LogP contribution in [0.2, 0.25) is 0 Å². The average Bonchev–Trinajstić information content (AvgIpc) is 3.33. The summed E-state index contributed by atoms with van der Waals surface area (Å²) in [5, 5.41) is 4.14. The lowest BCUT2D eigenvalue weighted by atomic mass is 10.1. The number of nitrogens with zero attached hydrogens (tertiary/aromatic N) is 3. The van der Waals surface area contributed by atoms with Gasteiger partial charge in [0, 0.05) is 12.1 Å². The number of aryl methyl sites for hydroxylation is 2. The normalized spacial score (nSPS) is 16.7. The third kappa shape index (κ3) is 3.63. The Bertz CT molecular complexity index is 963. The van der Waals surface area contributed by atoms with Gasteiger partial charge >= 0.3 is 0 Å². The minimum absolute atomic E-state index is 0.113. The van der Waals surface area contributed by atoms with Gasteiger partial charge in [0.05, 0.1) is 6.42 Å². The molecule has 0 saturated carbocycles. The van der Waals surface area contributed by atoms with Gasteiger partial charge in [0.2, 0.25) is 17.6 Å². The summed E-state index contributed by atoms with van der Waals surface area (Å²) < 4.78 is 5.54. The molecule has 4 rings (SSSR count). The Morgan fingerprint density at radius 1 is 1.19 bits per heavy atom. The van der Waals surface area contributed by atoms with E-state index in [0.29, 0.717) is 18.1 Å². The molecule has 27 heavy (non-hydrogen) atoms. The summed E-state index contributed by atoms with van der Waals surface area (Å²) >= 11 is 0. The fourth-order valence-electron chi connectivity index (χ4n) is 3.67. The van der Waals surface area contributed by atoms with Crippen molar-refractivity contribution in [3.8, 4) is 11.4 Å². The fourth-order valence-corrected chi connectivity index (χ4v) is 3.67. The molecule has 1 aromatic heterocycles. The molecule has 0 N–H and O–H groups in total. The predicted octanol–water partition coefficient (Wildman–Crippen LogP) is 4.26. The first-order valence-corrected chi connectivity index (χ1v) is 9.36. The van der Waals surface area contributed by atoms with Crippen LogP contribution in [0.25, 0.3) is 11.4 Å². The SMILES string of the molecule is Cc1cccc(-c2noc([C@H]3CCCN3C(=O)Cc3ccccc3C)n2)c1. The number of rotatable bonds is 4. The molecular formula is C22H23N3O2. The van der Waals surface area contributed by atoms with Crippen LogP contribution in [0.15, 0.2) is 53.1 Å². The molecule has 1 aliphatic rings. The summed E-state index contributed by atoms with van der Waals surface area (Å²) in [5.74, 6) is 1.22. The molecule has 1 atom stereocenters. The van der Waals surface area contributed by atoms with Crippen molar-refractivity contribution < 1.29 is 9.32 Å². The highest BCUT2D eigenvalue weighted by molar-refractivity contribution is 5.79. The second kappa shape index (κ2) is 7.35. The first kappa shape index (κ1) is 17.5. The number of hydrogen-bond donors (Lipinski definition) is 0. The first-order valence-electron chi connectivity index (χ1n) is 9.36. The monoisotopic (exact) mass is 361 g/mol. The summed E-state index contributed by atoms with van der Waals surface area (Å²) in [6.45, 7) is 4.81. The molecule has 1 amide bonds. The fraction of sp³-hybridized carbons (Fsp3) is 0.318. The summed E-state index contributed by atoms with van der Waals surface area (Å²) in [5.41, 5.74) is 4.29. The van der Waals surface area contributed by atoms with E-state index in [1.807, 2.05) is 67.3 Å². The second-order valence-electron chi connectivity index (χ2n) is 7.17. The zero-order chi connectivity index (χ0) is 18.8. The lowest BCUT2D eigenvalue weighted by Gasteiger charge is -2.22. The highest BCUT2D eigenvalue weighted by Gasteiger charge is 2.34. The second-order valence-corrected chi connectivity index (χ2v) is 7.17. The van der Waals surface area contributed by atoms with E-state index in [0.717, 1.165) is 41.6 Å². The largest absolute Gasteiger partial charge is 0.337 e. The van der Waals surface area contributed by atoms with E-state index in [9.17, 15) is 4.79 Å². The van der Waals surface area contributed by atoms with Crippen molar-refractivity contribution >= 4 is 5.91 Å². The van der Waals surface area contributed by atoms with Gasteiger partial charge < -0.3 is 9.42 Å². The number of likely N-dealkylation sites (tertiary alicyclic amines) is 1. The van der Waals surface area contributed by atoms with E-state index >= 15 is 0 Å². The van der Waals surface area contributed by atoms with Gasteiger partial charge in [0.1, 0.15) is 6.04 Å². The number of carbonyl (C=O) groups excluding carboxylic acids is 1. The number of benzene rings is 2. The summed E-state index contributed by atoms with van der Waals surface area (Å²) in [4.78, 5) is 19.4. The van der Waals surface area contributed by atoms with E-state index in [4.69, 9.17) is 4.52 Å². The van der Waals surface area contributed by atoms with Gasteiger partial charge in [-0.1, -0.05) is 53.2 Å². The zero-order valence-electron chi connectivity index (χ0n) is 15.7. The smallest absolute Gasteiger partial charge is 0.249 e. The highest BCUT2D eigenvalue weighted by atomic mass is 16.5. The van der Waals surface area contributed by atoms with Crippen LogP contribution in [0, 0.1) is 13.8 Å². The summed E-state index contributed by atoms with van der Waals surface area (Å²) in [6.07, 6.45) is 2.21. The molecule has 0 aliphatic carbocycles. The first-order chi connectivity index (χ1) is 13.1. The molecular weight excluding hydrogens is 338 g/mol. The summed E-state index contributed by atoms with van der Waals surface area (Å²) in [6, 6.07) is 15.9. The van der Waals surface area contributed by atoms with Gasteiger partial charge in [-0.25, -0.2) is 0 Å². The molecule has 2 heterocycles. The lowest BCUT2D eigenvalue weighted by Crippen LogP contribution is -2.32. The van der Waals surface area contributed by atoms with E-state index in [2.05, 4.69) is 10.1 Å². The number of hydrogen-bond acceptors (Lipinski definition) is 4. The number of aromatic nitrogens is 2. The Labute approximate surface area is 159 Å². The van der Waals surface area contributed by atoms with Crippen LogP contribution in [0.3, 0.4) is 0 Å². The van der Waals surface area contributed by atoms with Gasteiger partial charge in [0.15, 0.2) is 0 Å².